The van der Waals surface area contributed by atoms with Gasteiger partial charge in [-0.3, -0.25) is 4.79 Å². The van der Waals surface area contributed by atoms with E-state index in [1.54, 1.807) is 0 Å². The summed E-state index contributed by atoms with van der Waals surface area (Å²) in [5, 5.41) is 0. The first kappa shape index (κ1) is 7.29. The molecular formula is C9H14O2. The minimum absolute atomic E-state index is 0.295. The van der Waals surface area contributed by atoms with Gasteiger partial charge in [-0.05, 0) is 12.8 Å². The van der Waals surface area contributed by atoms with E-state index >= 15 is 0 Å². The van der Waals surface area contributed by atoms with E-state index in [4.69, 9.17) is 4.74 Å². The monoisotopic (exact) mass is 154 g/mol. The molecule has 1 saturated heterocycles. The minimum atomic E-state index is -0.295. The fourth-order valence-electron chi connectivity index (χ4n) is 2.01. The van der Waals surface area contributed by atoms with E-state index < -0.39 is 0 Å². The molecule has 0 aromatic rings. The average Bonchev–Trinajstić information content (AvgIpc) is 2.09. The molecule has 1 unspecified atom stereocenters. The molecule has 0 N–H and O–H groups in total. The van der Waals surface area contributed by atoms with Crippen molar-refractivity contribution in [2.24, 2.45) is 0 Å². The van der Waals surface area contributed by atoms with Gasteiger partial charge in [-0.2, -0.15) is 0 Å². The van der Waals surface area contributed by atoms with Crippen LogP contribution in [0.25, 0.3) is 0 Å². The lowest BCUT2D eigenvalue weighted by atomic mass is 9.86. The molecule has 11 heavy (non-hydrogen) atoms. The summed E-state index contributed by atoms with van der Waals surface area (Å²) in [4.78, 5) is 11.5. The Kier molecular flexibility index (Phi) is 1.72. The molecule has 62 valence electrons. The highest BCUT2D eigenvalue weighted by molar-refractivity contribution is 5.88. The molecule has 2 aliphatic rings. The van der Waals surface area contributed by atoms with Crippen LogP contribution in [-0.4, -0.2) is 18.0 Å². The van der Waals surface area contributed by atoms with Crippen LogP contribution in [0.2, 0.25) is 0 Å². The molecule has 2 rings (SSSR count). The van der Waals surface area contributed by atoms with Gasteiger partial charge in [0.1, 0.15) is 5.60 Å². The zero-order valence-electron chi connectivity index (χ0n) is 6.77. The molecule has 1 aliphatic heterocycles. The standard InChI is InChI=1S/C9H14O2/c10-8-4-2-1-3-5-9(8)6-7-11-9/h1-7H2. The summed E-state index contributed by atoms with van der Waals surface area (Å²) >= 11 is 0. The molecule has 2 fully saturated rings. The van der Waals surface area contributed by atoms with Crippen LogP contribution in [0.3, 0.4) is 0 Å². The van der Waals surface area contributed by atoms with Crippen molar-refractivity contribution in [3.8, 4) is 0 Å². The van der Waals surface area contributed by atoms with Crippen LogP contribution < -0.4 is 0 Å². The lowest BCUT2D eigenvalue weighted by Crippen LogP contribution is -2.49. The number of ether oxygens (including phenoxy) is 1. The zero-order chi connectivity index (χ0) is 7.73. The van der Waals surface area contributed by atoms with E-state index in [0.717, 1.165) is 32.3 Å². The lowest BCUT2D eigenvalue weighted by molar-refractivity contribution is -0.175. The Morgan fingerprint density at radius 3 is 2.64 bits per heavy atom. The van der Waals surface area contributed by atoms with Gasteiger partial charge in [-0.15, -0.1) is 0 Å². The predicted octanol–water partition coefficient (Wildman–Crippen LogP) is 1.68. The summed E-state index contributed by atoms with van der Waals surface area (Å²) in [5.74, 6) is 0.362. The van der Waals surface area contributed by atoms with E-state index in [1.165, 1.54) is 12.8 Å². The number of Topliss-reactive ketones (excluding diaryl/α,β-unsaturated/α-hetero) is 1. The number of hydrogen-bond donors (Lipinski definition) is 0. The second kappa shape index (κ2) is 2.59. The topological polar surface area (TPSA) is 26.3 Å². The van der Waals surface area contributed by atoms with Gasteiger partial charge in [-0.25, -0.2) is 0 Å². The first-order chi connectivity index (χ1) is 5.33. The van der Waals surface area contributed by atoms with Crippen molar-refractivity contribution in [1.82, 2.24) is 0 Å². The van der Waals surface area contributed by atoms with Crippen molar-refractivity contribution in [2.45, 2.75) is 44.1 Å². The second-order valence-electron chi connectivity index (χ2n) is 3.58. The van der Waals surface area contributed by atoms with Gasteiger partial charge in [0.15, 0.2) is 5.78 Å². The van der Waals surface area contributed by atoms with E-state index in [0.29, 0.717) is 5.78 Å². The Hall–Kier alpha value is -0.370. The van der Waals surface area contributed by atoms with Gasteiger partial charge in [-0.1, -0.05) is 12.8 Å². The van der Waals surface area contributed by atoms with Crippen molar-refractivity contribution in [1.29, 1.82) is 0 Å². The first-order valence-corrected chi connectivity index (χ1v) is 4.51. The number of carbonyl (C=O) groups is 1. The van der Waals surface area contributed by atoms with E-state index in [1.807, 2.05) is 0 Å². The van der Waals surface area contributed by atoms with Crippen LogP contribution in [0.15, 0.2) is 0 Å². The molecule has 0 amide bonds. The van der Waals surface area contributed by atoms with Gasteiger partial charge in [0.2, 0.25) is 0 Å². The minimum Gasteiger partial charge on any atom is -0.367 e. The SMILES string of the molecule is O=C1CCCCCC12CCO2. The molecular weight excluding hydrogens is 140 g/mol. The summed E-state index contributed by atoms with van der Waals surface area (Å²) in [7, 11) is 0. The summed E-state index contributed by atoms with van der Waals surface area (Å²) in [6, 6.07) is 0. The second-order valence-corrected chi connectivity index (χ2v) is 3.58. The molecule has 1 heterocycles. The van der Waals surface area contributed by atoms with E-state index in [2.05, 4.69) is 0 Å². The molecule has 0 aromatic carbocycles. The van der Waals surface area contributed by atoms with Crippen LogP contribution in [0, 0.1) is 0 Å². The summed E-state index contributed by atoms with van der Waals surface area (Å²) < 4.78 is 5.40. The largest absolute Gasteiger partial charge is 0.367 e. The van der Waals surface area contributed by atoms with Crippen molar-refractivity contribution < 1.29 is 9.53 Å². The molecule has 1 spiro atoms. The van der Waals surface area contributed by atoms with Crippen molar-refractivity contribution >= 4 is 5.78 Å². The van der Waals surface area contributed by atoms with Gasteiger partial charge in [0.25, 0.3) is 0 Å². The Morgan fingerprint density at radius 2 is 2.00 bits per heavy atom. The highest BCUT2D eigenvalue weighted by atomic mass is 16.5. The number of carbonyl (C=O) groups excluding carboxylic acids is 1. The van der Waals surface area contributed by atoms with Crippen molar-refractivity contribution in [2.75, 3.05) is 6.61 Å². The number of ketones is 1. The fraction of sp³-hybridized carbons (Fsp3) is 0.889. The number of rotatable bonds is 0. The molecule has 0 radical (unpaired) electrons. The highest BCUT2D eigenvalue weighted by Crippen LogP contribution is 2.36. The molecule has 0 bridgehead atoms. The maximum Gasteiger partial charge on any atom is 0.164 e. The van der Waals surface area contributed by atoms with Crippen molar-refractivity contribution in [3.63, 3.8) is 0 Å². The zero-order valence-corrected chi connectivity index (χ0v) is 6.77. The Morgan fingerprint density at radius 1 is 1.18 bits per heavy atom. The van der Waals surface area contributed by atoms with Crippen LogP contribution in [-0.2, 0) is 9.53 Å². The number of hydrogen-bond acceptors (Lipinski definition) is 2. The Bertz CT molecular complexity index is 170. The lowest BCUT2D eigenvalue weighted by Gasteiger charge is -2.39. The molecule has 1 aliphatic carbocycles. The van der Waals surface area contributed by atoms with Gasteiger partial charge in [0.05, 0.1) is 6.61 Å². The summed E-state index contributed by atoms with van der Waals surface area (Å²) in [6.45, 7) is 0.797. The van der Waals surface area contributed by atoms with Gasteiger partial charge >= 0.3 is 0 Å². The molecule has 1 saturated carbocycles. The highest BCUT2D eigenvalue weighted by Gasteiger charge is 2.44. The average molecular weight is 154 g/mol. The first-order valence-electron chi connectivity index (χ1n) is 4.51. The summed E-state index contributed by atoms with van der Waals surface area (Å²) in [6.07, 6.45) is 6.16. The van der Waals surface area contributed by atoms with Gasteiger partial charge < -0.3 is 4.74 Å². The van der Waals surface area contributed by atoms with E-state index in [9.17, 15) is 4.79 Å². The molecule has 2 heteroatoms. The van der Waals surface area contributed by atoms with Crippen LogP contribution in [0.4, 0.5) is 0 Å². The smallest absolute Gasteiger partial charge is 0.164 e. The predicted molar refractivity (Wildman–Crippen MR) is 41.4 cm³/mol. The third-order valence-corrected chi connectivity index (χ3v) is 2.88. The maximum atomic E-state index is 11.5. The van der Waals surface area contributed by atoms with Gasteiger partial charge in [0, 0.05) is 12.8 Å². The molecule has 1 atom stereocenters. The van der Waals surface area contributed by atoms with Crippen LogP contribution in [0.5, 0.6) is 0 Å². The quantitative estimate of drug-likeness (QED) is 0.530. The third kappa shape index (κ3) is 1.09. The van der Waals surface area contributed by atoms with Crippen LogP contribution in [0.1, 0.15) is 38.5 Å². The molecule has 2 nitrogen and oxygen atoms in total. The third-order valence-electron chi connectivity index (χ3n) is 2.88. The normalized spacial score (nSPS) is 38.4. The molecule has 0 aromatic heterocycles. The van der Waals surface area contributed by atoms with E-state index in [-0.39, 0.29) is 5.60 Å². The van der Waals surface area contributed by atoms with Crippen LogP contribution >= 0.6 is 0 Å². The Balaban J connectivity index is 2.09. The Labute approximate surface area is 66.9 Å². The fourth-order valence-corrected chi connectivity index (χ4v) is 2.01. The van der Waals surface area contributed by atoms with Crippen molar-refractivity contribution in [3.05, 3.63) is 0 Å². The summed E-state index contributed by atoms with van der Waals surface area (Å²) in [5.41, 5.74) is -0.295. The maximum absolute atomic E-state index is 11.5.